The molecule has 0 bridgehead atoms. The quantitative estimate of drug-likeness (QED) is 0.871. The zero-order valence-corrected chi connectivity index (χ0v) is 10.9. The molecule has 1 aromatic carbocycles. The summed E-state index contributed by atoms with van der Waals surface area (Å²) in [7, 11) is 1.54. The first-order chi connectivity index (χ1) is 9.13. The fourth-order valence-electron chi connectivity index (χ4n) is 1.82. The van der Waals surface area contributed by atoms with Crippen molar-refractivity contribution in [3.05, 3.63) is 47.7 Å². The van der Waals surface area contributed by atoms with Gasteiger partial charge in [0.05, 0.1) is 18.8 Å². The Balaban J connectivity index is 2.23. The van der Waals surface area contributed by atoms with Gasteiger partial charge in [-0.05, 0) is 31.2 Å². The SMILES string of the molecule is COc1ccc(F)c(NC(CN)c2ccc(C)o2)c1. The van der Waals surface area contributed by atoms with Gasteiger partial charge in [-0.3, -0.25) is 0 Å². The minimum Gasteiger partial charge on any atom is -0.497 e. The molecule has 0 saturated heterocycles. The van der Waals surface area contributed by atoms with Gasteiger partial charge in [0.15, 0.2) is 0 Å². The Bertz CT molecular complexity index is 554. The first kappa shape index (κ1) is 13.4. The number of ether oxygens (including phenoxy) is 1. The lowest BCUT2D eigenvalue weighted by Gasteiger charge is -2.17. The molecule has 0 saturated carbocycles. The molecule has 102 valence electrons. The van der Waals surface area contributed by atoms with Crippen LogP contribution in [0.2, 0.25) is 0 Å². The number of methoxy groups -OCH3 is 1. The standard InChI is InChI=1S/C14H17FN2O2/c1-9-3-6-14(19-9)13(8-16)17-12-7-10(18-2)4-5-11(12)15/h3-7,13,17H,8,16H2,1-2H3. The fraction of sp³-hybridized carbons (Fsp3) is 0.286. The van der Waals surface area contributed by atoms with E-state index >= 15 is 0 Å². The molecule has 1 atom stereocenters. The van der Waals surface area contributed by atoms with Gasteiger partial charge in [-0.2, -0.15) is 0 Å². The van der Waals surface area contributed by atoms with E-state index in [2.05, 4.69) is 5.32 Å². The van der Waals surface area contributed by atoms with Crippen molar-refractivity contribution in [3.8, 4) is 5.75 Å². The molecule has 2 rings (SSSR count). The lowest BCUT2D eigenvalue weighted by atomic mass is 10.2. The van der Waals surface area contributed by atoms with E-state index in [1.807, 2.05) is 19.1 Å². The number of rotatable bonds is 5. The molecule has 19 heavy (non-hydrogen) atoms. The lowest BCUT2D eigenvalue weighted by Crippen LogP contribution is -2.20. The molecule has 4 nitrogen and oxygen atoms in total. The molecular formula is C14H17FN2O2. The third-order valence-electron chi connectivity index (χ3n) is 2.84. The zero-order chi connectivity index (χ0) is 13.8. The monoisotopic (exact) mass is 264 g/mol. The van der Waals surface area contributed by atoms with Gasteiger partial charge < -0.3 is 20.2 Å². The van der Waals surface area contributed by atoms with E-state index in [0.29, 0.717) is 23.7 Å². The van der Waals surface area contributed by atoms with Gasteiger partial charge in [-0.15, -0.1) is 0 Å². The Morgan fingerprint density at radius 1 is 1.37 bits per heavy atom. The molecular weight excluding hydrogens is 247 g/mol. The minimum absolute atomic E-state index is 0.282. The highest BCUT2D eigenvalue weighted by Gasteiger charge is 2.15. The Hall–Kier alpha value is -2.01. The van der Waals surface area contributed by atoms with Crippen molar-refractivity contribution in [3.63, 3.8) is 0 Å². The fourth-order valence-corrected chi connectivity index (χ4v) is 1.82. The first-order valence-corrected chi connectivity index (χ1v) is 6.00. The van der Waals surface area contributed by atoms with Crippen LogP contribution in [0.15, 0.2) is 34.7 Å². The zero-order valence-electron chi connectivity index (χ0n) is 10.9. The molecule has 0 aliphatic rings. The molecule has 0 fully saturated rings. The second-order valence-corrected chi connectivity index (χ2v) is 4.23. The van der Waals surface area contributed by atoms with Crippen LogP contribution in [0, 0.1) is 12.7 Å². The summed E-state index contributed by atoms with van der Waals surface area (Å²) in [6.07, 6.45) is 0. The number of halogens is 1. The molecule has 0 aliphatic carbocycles. The maximum absolute atomic E-state index is 13.7. The number of anilines is 1. The van der Waals surface area contributed by atoms with Crippen molar-refractivity contribution in [2.45, 2.75) is 13.0 Å². The Labute approximate surface area is 111 Å². The lowest BCUT2D eigenvalue weighted by molar-refractivity contribution is 0.413. The van der Waals surface area contributed by atoms with Gasteiger partial charge in [0, 0.05) is 12.6 Å². The Morgan fingerprint density at radius 2 is 2.16 bits per heavy atom. The smallest absolute Gasteiger partial charge is 0.146 e. The summed E-state index contributed by atoms with van der Waals surface area (Å²) in [5.41, 5.74) is 6.04. The van der Waals surface area contributed by atoms with Crippen molar-refractivity contribution in [2.24, 2.45) is 5.73 Å². The number of benzene rings is 1. The topological polar surface area (TPSA) is 60.4 Å². The van der Waals surface area contributed by atoms with Crippen LogP contribution >= 0.6 is 0 Å². The summed E-state index contributed by atoms with van der Waals surface area (Å²) in [6, 6.07) is 7.90. The largest absolute Gasteiger partial charge is 0.497 e. The van der Waals surface area contributed by atoms with Crippen LogP contribution < -0.4 is 15.8 Å². The van der Waals surface area contributed by atoms with Gasteiger partial charge >= 0.3 is 0 Å². The van der Waals surface area contributed by atoms with E-state index in [0.717, 1.165) is 5.76 Å². The average molecular weight is 264 g/mol. The number of hydrogen-bond donors (Lipinski definition) is 2. The number of nitrogens with one attached hydrogen (secondary N) is 1. The van der Waals surface area contributed by atoms with E-state index in [1.165, 1.54) is 13.2 Å². The highest BCUT2D eigenvalue weighted by molar-refractivity contribution is 5.51. The van der Waals surface area contributed by atoms with Gasteiger partial charge in [0.1, 0.15) is 23.1 Å². The third kappa shape index (κ3) is 3.06. The summed E-state index contributed by atoms with van der Waals surface area (Å²) in [6.45, 7) is 2.15. The third-order valence-corrected chi connectivity index (χ3v) is 2.84. The molecule has 1 unspecified atom stereocenters. The maximum atomic E-state index is 13.7. The van der Waals surface area contributed by atoms with Crippen molar-refractivity contribution in [2.75, 3.05) is 19.0 Å². The molecule has 0 radical (unpaired) electrons. The molecule has 1 heterocycles. The summed E-state index contributed by atoms with van der Waals surface area (Å²) < 4.78 is 24.3. The minimum atomic E-state index is -0.359. The molecule has 5 heteroatoms. The second kappa shape index (κ2) is 5.75. The first-order valence-electron chi connectivity index (χ1n) is 6.00. The van der Waals surface area contributed by atoms with Crippen molar-refractivity contribution < 1.29 is 13.5 Å². The molecule has 3 N–H and O–H groups in total. The number of hydrogen-bond acceptors (Lipinski definition) is 4. The Morgan fingerprint density at radius 3 is 2.74 bits per heavy atom. The van der Waals surface area contributed by atoms with Crippen molar-refractivity contribution in [1.82, 2.24) is 0 Å². The van der Waals surface area contributed by atoms with Crippen LogP contribution in [0.5, 0.6) is 5.75 Å². The Kier molecular flexibility index (Phi) is 4.06. The van der Waals surface area contributed by atoms with Crippen LogP contribution in [0.25, 0.3) is 0 Å². The predicted molar refractivity (Wildman–Crippen MR) is 71.8 cm³/mol. The van der Waals surface area contributed by atoms with Crippen molar-refractivity contribution >= 4 is 5.69 Å². The molecule has 0 amide bonds. The van der Waals surface area contributed by atoms with Crippen molar-refractivity contribution in [1.29, 1.82) is 0 Å². The van der Waals surface area contributed by atoms with Crippen LogP contribution in [0.4, 0.5) is 10.1 Å². The molecule has 0 aliphatic heterocycles. The summed E-state index contributed by atoms with van der Waals surface area (Å²) in [5.74, 6) is 1.70. The van der Waals surface area contributed by atoms with Gasteiger partial charge in [0.2, 0.25) is 0 Å². The number of aryl methyl sites for hydroxylation is 1. The summed E-state index contributed by atoms with van der Waals surface area (Å²) in [4.78, 5) is 0. The summed E-state index contributed by atoms with van der Waals surface area (Å²) in [5, 5.41) is 3.03. The highest BCUT2D eigenvalue weighted by Crippen LogP contribution is 2.26. The van der Waals surface area contributed by atoms with Crippen LogP contribution in [-0.4, -0.2) is 13.7 Å². The summed E-state index contributed by atoms with van der Waals surface area (Å²) >= 11 is 0. The van der Waals surface area contributed by atoms with Crippen LogP contribution in [0.1, 0.15) is 17.6 Å². The molecule has 0 spiro atoms. The normalized spacial score (nSPS) is 12.2. The van der Waals surface area contributed by atoms with E-state index in [-0.39, 0.29) is 11.9 Å². The van der Waals surface area contributed by atoms with Gasteiger partial charge in [-0.25, -0.2) is 4.39 Å². The van der Waals surface area contributed by atoms with E-state index in [4.69, 9.17) is 14.9 Å². The second-order valence-electron chi connectivity index (χ2n) is 4.23. The van der Waals surface area contributed by atoms with E-state index in [9.17, 15) is 4.39 Å². The van der Waals surface area contributed by atoms with E-state index < -0.39 is 0 Å². The van der Waals surface area contributed by atoms with Crippen LogP contribution in [0.3, 0.4) is 0 Å². The van der Waals surface area contributed by atoms with Gasteiger partial charge in [0.25, 0.3) is 0 Å². The van der Waals surface area contributed by atoms with Gasteiger partial charge in [-0.1, -0.05) is 0 Å². The number of furan rings is 1. The average Bonchev–Trinajstić information content (AvgIpc) is 2.84. The maximum Gasteiger partial charge on any atom is 0.146 e. The van der Waals surface area contributed by atoms with E-state index in [1.54, 1.807) is 12.1 Å². The predicted octanol–water partition coefficient (Wildman–Crippen LogP) is 2.85. The number of nitrogens with two attached hydrogens (primary N) is 1. The highest BCUT2D eigenvalue weighted by atomic mass is 19.1. The van der Waals surface area contributed by atoms with Crippen LogP contribution in [-0.2, 0) is 0 Å². The molecule has 2 aromatic rings. The molecule has 1 aromatic heterocycles.